The van der Waals surface area contributed by atoms with E-state index in [1.54, 1.807) is 0 Å². The largest absolute Gasteiger partial charge is 0.417 e. The number of hydrogen-bond acceptors (Lipinski definition) is 4. The molecular weight excluding hydrogens is 249 g/mol. The number of hydrogen-bond donors (Lipinski definition) is 1. The highest BCUT2D eigenvalue weighted by Crippen LogP contribution is 2.29. The Balaban J connectivity index is 2.56. The van der Waals surface area contributed by atoms with Crippen LogP contribution in [0.3, 0.4) is 0 Å². The van der Waals surface area contributed by atoms with E-state index in [-0.39, 0.29) is 12.4 Å². The Morgan fingerprint density at radius 1 is 1.39 bits per heavy atom. The molecule has 0 saturated carbocycles. The van der Waals surface area contributed by atoms with Gasteiger partial charge in [0.15, 0.2) is 11.5 Å². The summed E-state index contributed by atoms with van der Waals surface area (Å²) in [6.45, 7) is 0.105. The molecule has 1 unspecified atom stereocenters. The quantitative estimate of drug-likeness (QED) is 0.905. The summed E-state index contributed by atoms with van der Waals surface area (Å²) in [5.74, 6) is 0.251. The molecule has 18 heavy (non-hydrogen) atoms. The minimum atomic E-state index is -4.42. The van der Waals surface area contributed by atoms with E-state index in [2.05, 4.69) is 10.2 Å². The lowest BCUT2D eigenvalue weighted by molar-refractivity contribution is -0.137. The Morgan fingerprint density at radius 3 is 2.67 bits per heavy atom. The lowest BCUT2D eigenvalue weighted by Crippen LogP contribution is -2.17. The number of alkyl halides is 3. The molecular formula is C10H11F3N4O. The Morgan fingerprint density at radius 2 is 2.11 bits per heavy atom. The molecule has 1 atom stereocenters. The standard InChI is InChI=1S/C10H11F3N4O/c1-18-7(4-14)9-16-15-8-3-2-6(5-17(8)9)10(11,12)13/h2-3,5,7H,4,14H2,1H3. The second-order valence-corrected chi connectivity index (χ2v) is 3.66. The number of methoxy groups -OCH3 is 1. The van der Waals surface area contributed by atoms with Gasteiger partial charge in [-0.1, -0.05) is 0 Å². The normalized spacial score (nSPS) is 14.1. The number of fused-ring (bicyclic) bond motifs is 1. The fourth-order valence-corrected chi connectivity index (χ4v) is 1.60. The molecule has 0 aliphatic carbocycles. The predicted octanol–water partition coefficient (Wildman–Crippen LogP) is 1.39. The van der Waals surface area contributed by atoms with E-state index in [1.165, 1.54) is 17.6 Å². The van der Waals surface area contributed by atoms with Crippen molar-refractivity contribution >= 4 is 5.65 Å². The molecule has 0 bridgehead atoms. The minimum absolute atomic E-state index is 0.105. The molecule has 0 fully saturated rings. The van der Waals surface area contributed by atoms with Crippen molar-refractivity contribution in [3.63, 3.8) is 0 Å². The monoisotopic (exact) mass is 260 g/mol. The fourth-order valence-electron chi connectivity index (χ4n) is 1.60. The van der Waals surface area contributed by atoms with Crippen LogP contribution in [0.25, 0.3) is 5.65 Å². The molecule has 0 amide bonds. The van der Waals surface area contributed by atoms with E-state index >= 15 is 0 Å². The zero-order chi connectivity index (χ0) is 13.3. The van der Waals surface area contributed by atoms with Gasteiger partial charge in [-0.25, -0.2) is 0 Å². The Kier molecular flexibility index (Phi) is 3.22. The SMILES string of the molecule is COC(CN)c1nnc2ccc(C(F)(F)F)cn12. The van der Waals surface area contributed by atoms with Gasteiger partial charge in [0.25, 0.3) is 0 Å². The first kappa shape index (κ1) is 12.8. The van der Waals surface area contributed by atoms with Crippen LogP contribution in [0.5, 0.6) is 0 Å². The second-order valence-electron chi connectivity index (χ2n) is 3.66. The van der Waals surface area contributed by atoms with Gasteiger partial charge in [-0.05, 0) is 12.1 Å². The van der Waals surface area contributed by atoms with Crippen molar-refractivity contribution in [1.29, 1.82) is 0 Å². The van der Waals surface area contributed by atoms with Crippen LogP contribution in [0.15, 0.2) is 18.3 Å². The highest BCUT2D eigenvalue weighted by Gasteiger charge is 2.31. The summed E-state index contributed by atoms with van der Waals surface area (Å²) in [5, 5.41) is 7.57. The van der Waals surface area contributed by atoms with Gasteiger partial charge in [0.2, 0.25) is 0 Å². The fraction of sp³-hybridized carbons (Fsp3) is 0.400. The van der Waals surface area contributed by atoms with Gasteiger partial charge in [-0.2, -0.15) is 13.2 Å². The Labute approximate surface area is 100 Å². The van der Waals surface area contributed by atoms with Gasteiger partial charge in [-0.15, -0.1) is 10.2 Å². The van der Waals surface area contributed by atoms with Crippen molar-refractivity contribution in [3.05, 3.63) is 29.7 Å². The summed E-state index contributed by atoms with van der Waals surface area (Å²) in [6.07, 6.45) is -4.07. The highest BCUT2D eigenvalue weighted by molar-refractivity contribution is 5.40. The number of ether oxygens (including phenoxy) is 1. The smallest absolute Gasteiger partial charge is 0.372 e. The van der Waals surface area contributed by atoms with E-state index in [9.17, 15) is 13.2 Å². The molecule has 0 aliphatic rings. The highest BCUT2D eigenvalue weighted by atomic mass is 19.4. The lowest BCUT2D eigenvalue weighted by atomic mass is 10.2. The van der Waals surface area contributed by atoms with Crippen LogP contribution in [0.1, 0.15) is 17.5 Å². The summed E-state index contributed by atoms with van der Waals surface area (Å²) in [4.78, 5) is 0. The third-order valence-corrected chi connectivity index (χ3v) is 2.54. The maximum atomic E-state index is 12.6. The van der Waals surface area contributed by atoms with Gasteiger partial charge < -0.3 is 10.5 Å². The summed E-state index contributed by atoms with van der Waals surface area (Å²) in [5.41, 5.74) is 5.00. The predicted molar refractivity (Wildman–Crippen MR) is 56.8 cm³/mol. The van der Waals surface area contributed by atoms with Crippen molar-refractivity contribution < 1.29 is 17.9 Å². The topological polar surface area (TPSA) is 65.4 Å². The van der Waals surface area contributed by atoms with Crippen LogP contribution in [-0.2, 0) is 10.9 Å². The van der Waals surface area contributed by atoms with E-state index in [0.717, 1.165) is 12.3 Å². The van der Waals surface area contributed by atoms with Crippen LogP contribution in [0, 0.1) is 0 Å². The molecule has 0 saturated heterocycles. The third kappa shape index (κ3) is 2.16. The number of nitrogens with two attached hydrogens (primary N) is 1. The Bertz CT molecular complexity index is 548. The number of nitrogens with zero attached hydrogens (tertiary/aromatic N) is 3. The number of aromatic nitrogens is 3. The van der Waals surface area contributed by atoms with E-state index in [1.807, 2.05) is 0 Å². The molecule has 8 heteroatoms. The molecule has 2 aromatic rings. The first-order valence-corrected chi connectivity index (χ1v) is 5.12. The average molecular weight is 260 g/mol. The Hall–Kier alpha value is -1.67. The van der Waals surface area contributed by atoms with Gasteiger partial charge >= 0.3 is 6.18 Å². The van der Waals surface area contributed by atoms with Crippen LogP contribution < -0.4 is 5.73 Å². The molecule has 0 aliphatic heterocycles. The van der Waals surface area contributed by atoms with Crippen molar-refractivity contribution in [2.75, 3.05) is 13.7 Å². The number of rotatable bonds is 3. The zero-order valence-electron chi connectivity index (χ0n) is 9.48. The van der Waals surface area contributed by atoms with Crippen molar-refractivity contribution in [1.82, 2.24) is 14.6 Å². The summed E-state index contributed by atoms with van der Waals surface area (Å²) in [7, 11) is 1.41. The molecule has 2 aromatic heterocycles. The molecule has 0 spiro atoms. The van der Waals surface area contributed by atoms with Crippen LogP contribution in [-0.4, -0.2) is 28.3 Å². The molecule has 5 nitrogen and oxygen atoms in total. The molecule has 2 rings (SSSR count). The lowest BCUT2D eigenvalue weighted by Gasteiger charge is -2.12. The van der Waals surface area contributed by atoms with Gasteiger partial charge in [0, 0.05) is 19.9 Å². The molecule has 0 radical (unpaired) electrons. The van der Waals surface area contributed by atoms with Crippen LogP contribution >= 0.6 is 0 Å². The maximum absolute atomic E-state index is 12.6. The minimum Gasteiger partial charge on any atom is -0.372 e. The van der Waals surface area contributed by atoms with Gasteiger partial charge in [-0.3, -0.25) is 4.40 Å². The average Bonchev–Trinajstić information content (AvgIpc) is 2.73. The van der Waals surface area contributed by atoms with Crippen molar-refractivity contribution in [2.24, 2.45) is 5.73 Å². The first-order chi connectivity index (χ1) is 8.47. The zero-order valence-corrected chi connectivity index (χ0v) is 9.48. The molecule has 0 aromatic carbocycles. The number of pyridine rings is 1. The summed E-state index contributed by atoms with van der Waals surface area (Å²) >= 11 is 0. The van der Waals surface area contributed by atoms with Gasteiger partial charge in [0.05, 0.1) is 5.56 Å². The van der Waals surface area contributed by atoms with Crippen molar-refractivity contribution in [3.8, 4) is 0 Å². The van der Waals surface area contributed by atoms with Crippen LogP contribution in [0.2, 0.25) is 0 Å². The second kappa shape index (κ2) is 4.54. The maximum Gasteiger partial charge on any atom is 0.417 e. The van der Waals surface area contributed by atoms with Crippen molar-refractivity contribution in [2.45, 2.75) is 12.3 Å². The van der Waals surface area contributed by atoms with E-state index in [0.29, 0.717) is 5.65 Å². The summed E-state index contributed by atoms with van der Waals surface area (Å²) in [6, 6.07) is 2.21. The third-order valence-electron chi connectivity index (χ3n) is 2.54. The van der Waals surface area contributed by atoms with E-state index < -0.39 is 17.8 Å². The molecule has 98 valence electrons. The van der Waals surface area contributed by atoms with Gasteiger partial charge in [0.1, 0.15) is 6.10 Å². The van der Waals surface area contributed by atoms with E-state index in [4.69, 9.17) is 10.5 Å². The summed E-state index contributed by atoms with van der Waals surface area (Å²) < 4.78 is 44.1. The van der Waals surface area contributed by atoms with Crippen LogP contribution in [0.4, 0.5) is 13.2 Å². The molecule has 2 heterocycles. The molecule has 2 N–H and O–H groups in total. The number of halogens is 3. The first-order valence-electron chi connectivity index (χ1n) is 5.12.